The molecule has 2 fully saturated rings. The molecule has 0 atom stereocenters. The smallest absolute Gasteiger partial charge is 0.450 e. The van der Waals surface area contributed by atoms with Gasteiger partial charge in [-0.05, 0) is 50.2 Å². The van der Waals surface area contributed by atoms with Crippen LogP contribution in [0.5, 0.6) is 0 Å². The third-order valence-corrected chi connectivity index (χ3v) is 8.70. The Kier molecular flexibility index (Phi) is 8.62. The van der Waals surface area contributed by atoms with Crippen molar-refractivity contribution in [2.45, 2.75) is 63.5 Å². The Morgan fingerprint density at radius 3 is 2.51 bits per heavy atom. The van der Waals surface area contributed by atoms with Crippen LogP contribution in [0.3, 0.4) is 0 Å². The van der Waals surface area contributed by atoms with Gasteiger partial charge in [0.1, 0.15) is 11.4 Å². The van der Waals surface area contributed by atoms with Gasteiger partial charge in [0.15, 0.2) is 0 Å². The molecule has 3 aromatic rings. The van der Waals surface area contributed by atoms with Crippen molar-refractivity contribution >= 4 is 34.1 Å². The molecule has 1 saturated carbocycles. The number of carbonyl (C=O) groups is 2. The number of rotatable bonds is 11. The second-order valence-corrected chi connectivity index (χ2v) is 11.8. The number of nitrogens with one attached hydrogen (secondary N) is 1. The van der Waals surface area contributed by atoms with Crippen LogP contribution in [0.4, 0.5) is 4.79 Å². The fraction of sp³-hybridized carbons (Fsp3) is 0.483. The fourth-order valence-electron chi connectivity index (χ4n) is 5.51. The minimum atomic E-state index is -2.94. The summed E-state index contributed by atoms with van der Waals surface area (Å²) in [6, 6.07) is 9.60. The van der Waals surface area contributed by atoms with Crippen LogP contribution in [0, 0.1) is 6.92 Å². The number of thiol groups is 1. The first-order valence-corrected chi connectivity index (χ1v) is 15.0. The summed E-state index contributed by atoms with van der Waals surface area (Å²) in [6.45, 7) is 3.00. The third-order valence-electron chi connectivity index (χ3n) is 7.90. The van der Waals surface area contributed by atoms with Gasteiger partial charge in [0, 0.05) is 32.0 Å². The normalized spacial score (nSPS) is 16.8. The minimum Gasteiger partial charge on any atom is -0.450 e. The van der Waals surface area contributed by atoms with Crippen molar-refractivity contribution in [1.29, 1.82) is 0 Å². The van der Waals surface area contributed by atoms with Crippen molar-refractivity contribution in [2.75, 3.05) is 26.8 Å². The number of benzene rings is 1. The van der Waals surface area contributed by atoms with E-state index in [1.807, 2.05) is 37.3 Å². The van der Waals surface area contributed by atoms with Crippen LogP contribution in [-0.2, 0) is 26.9 Å². The summed E-state index contributed by atoms with van der Waals surface area (Å²) in [5.41, 5.74) is 3.13. The first kappa shape index (κ1) is 29.0. The van der Waals surface area contributed by atoms with Gasteiger partial charge < -0.3 is 24.3 Å². The molecule has 0 spiro atoms. The van der Waals surface area contributed by atoms with E-state index in [1.165, 1.54) is 4.31 Å². The number of aromatic nitrogens is 1. The number of hydrogen-bond donors (Lipinski definition) is 3. The van der Waals surface area contributed by atoms with Crippen molar-refractivity contribution in [2.24, 2.45) is 0 Å². The predicted molar refractivity (Wildman–Crippen MR) is 151 cm³/mol. The maximum absolute atomic E-state index is 13.0. The Morgan fingerprint density at radius 1 is 1.20 bits per heavy atom. The Balaban J connectivity index is 1.44. The molecule has 2 N–H and O–H groups in total. The standard InChI is InChI=1S/C29H35N3O8S/c1-18-4-6-20(7-5-18)25-24(26(33)30-2)22-16-21(19-8-9-19)23(31-27(22)39-25)17-32(41(36)37)13-3-10-29(40-28(34)35)11-14-38-15-12-29/h4-7,16,19,41H,3,8-15,17H2,1-2H3,(H,30,33)(H,34,35). The molecule has 2 aromatic heterocycles. The molecule has 12 heteroatoms. The zero-order chi connectivity index (χ0) is 29.1. The molecule has 1 saturated heterocycles. The van der Waals surface area contributed by atoms with Crippen LogP contribution in [0.15, 0.2) is 34.7 Å². The highest BCUT2D eigenvalue weighted by Crippen LogP contribution is 2.44. The maximum atomic E-state index is 13.0. The second-order valence-electron chi connectivity index (χ2n) is 10.8. The number of ether oxygens (including phenoxy) is 2. The Labute approximate surface area is 239 Å². The molecule has 1 aromatic carbocycles. The van der Waals surface area contributed by atoms with Gasteiger partial charge >= 0.3 is 6.16 Å². The molecule has 1 aliphatic heterocycles. The third kappa shape index (κ3) is 6.55. The van der Waals surface area contributed by atoms with E-state index >= 15 is 0 Å². The van der Waals surface area contributed by atoms with E-state index < -0.39 is 22.6 Å². The average molecular weight is 586 g/mol. The summed E-state index contributed by atoms with van der Waals surface area (Å²) in [4.78, 5) is 29.1. The number of fused-ring (bicyclic) bond motifs is 1. The SMILES string of the molecule is CNC(=O)c1c(-c2ccc(C)cc2)oc2nc(CN(CCCC3(OC(=O)O)CCOCC3)[SH](=O)=O)c(C3CC3)cc12. The highest BCUT2D eigenvalue weighted by molar-refractivity contribution is 7.69. The first-order chi connectivity index (χ1) is 19.7. The molecule has 1 aliphatic carbocycles. The number of nitrogens with zero attached hydrogens (tertiary/aromatic N) is 2. The quantitative estimate of drug-likeness (QED) is 0.220. The molecule has 0 radical (unpaired) electrons. The van der Waals surface area contributed by atoms with Crippen LogP contribution >= 0.6 is 0 Å². The van der Waals surface area contributed by atoms with Crippen molar-refractivity contribution in [1.82, 2.24) is 14.6 Å². The van der Waals surface area contributed by atoms with Gasteiger partial charge in [-0.3, -0.25) is 4.79 Å². The van der Waals surface area contributed by atoms with Crippen LogP contribution in [0.2, 0.25) is 0 Å². The minimum absolute atomic E-state index is 0.0479. The van der Waals surface area contributed by atoms with Crippen molar-refractivity contribution in [3.63, 3.8) is 0 Å². The number of amides is 1. The summed E-state index contributed by atoms with van der Waals surface area (Å²) < 4.78 is 42.7. The summed E-state index contributed by atoms with van der Waals surface area (Å²) in [7, 11) is -1.37. The molecular formula is C29H35N3O8S. The van der Waals surface area contributed by atoms with E-state index in [-0.39, 0.29) is 30.6 Å². The van der Waals surface area contributed by atoms with E-state index in [2.05, 4.69) is 5.32 Å². The van der Waals surface area contributed by atoms with Gasteiger partial charge in [0.05, 0.1) is 36.4 Å². The number of pyridine rings is 1. The van der Waals surface area contributed by atoms with Gasteiger partial charge in [-0.2, -0.15) is 4.31 Å². The molecule has 3 heterocycles. The highest BCUT2D eigenvalue weighted by atomic mass is 32.2. The van der Waals surface area contributed by atoms with Gasteiger partial charge in [-0.1, -0.05) is 29.8 Å². The monoisotopic (exact) mass is 585 g/mol. The van der Waals surface area contributed by atoms with E-state index in [9.17, 15) is 23.1 Å². The van der Waals surface area contributed by atoms with Crippen LogP contribution in [0.25, 0.3) is 22.4 Å². The number of hydrogen-bond acceptors (Lipinski definition) is 8. The molecule has 5 rings (SSSR count). The average Bonchev–Trinajstić information content (AvgIpc) is 3.72. The molecule has 220 valence electrons. The van der Waals surface area contributed by atoms with Crippen LogP contribution in [-0.4, -0.2) is 67.3 Å². The lowest BCUT2D eigenvalue weighted by molar-refractivity contribution is -0.0901. The Morgan fingerprint density at radius 2 is 1.90 bits per heavy atom. The molecule has 0 unspecified atom stereocenters. The molecule has 1 amide bonds. The summed E-state index contributed by atoms with van der Waals surface area (Å²) in [6.07, 6.45) is 2.24. The molecule has 0 bridgehead atoms. The predicted octanol–water partition coefficient (Wildman–Crippen LogP) is 4.39. The lowest BCUT2D eigenvalue weighted by Gasteiger charge is -2.35. The number of carbonyl (C=O) groups excluding carboxylic acids is 1. The summed E-state index contributed by atoms with van der Waals surface area (Å²) in [5.74, 6) is 0.362. The molecular weight excluding hydrogens is 550 g/mol. The largest absolute Gasteiger partial charge is 0.506 e. The fourth-order valence-corrected chi connectivity index (χ4v) is 6.07. The topological polar surface area (TPSA) is 148 Å². The number of carboxylic acid groups (broad SMARTS) is 1. The number of furan rings is 1. The zero-order valence-electron chi connectivity index (χ0n) is 23.2. The van der Waals surface area contributed by atoms with Crippen molar-refractivity contribution < 1.29 is 37.0 Å². The van der Waals surface area contributed by atoms with E-state index in [4.69, 9.17) is 18.9 Å². The van der Waals surface area contributed by atoms with Gasteiger partial charge in [-0.15, -0.1) is 0 Å². The van der Waals surface area contributed by atoms with Crippen molar-refractivity contribution in [3.05, 3.63) is 52.7 Å². The zero-order valence-corrected chi connectivity index (χ0v) is 24.1. The summed E-state index contributed by atoms with van der Waals surface area (Å²) >= 11 is 0. The Hall–Kier alpha value is -3.48. The maximum Gasteiger partial charge on any atom is 0.506 e. The number of aryl methyl sites for hydroxylation is 1. The molecule has 2 aliphatic rings. The van der Waals surface area contributed by atoms with Gasteiger partial charge in [0.2, 0.25) is 16.6 Å². The summed E-state index contributed by atoms with van der Waals surface area (Å²) in [5, 5.41) is 12.5. The van der Waals surface area contributed by atoms with Crippen molar-refractivity contribution in [3.8, 4) is 11.3 Å². The van der Waals surface area contributed by atoms with E-state index in [0.717, 1.165) is 29.5 Å². The van der Waals surface area contributed by atoms with E-state index in [0.29, 0.717) is 61.3 Å². The van der Waals surface area contributed by atoms with Gasteiger partial charge in [-0.25, -0.2) is 18.2 Å². The Bertz CT molecular complexity index is 1500. The lowest BCUT2D eigenvalue weighted by Crippen LogP contribution is -2.41. The van der Waals surface area contributed by atoms with Crippen LogP contribution < -0.4 is 5.32 Å². The lowest BCUT2D eigenvalue weighted by atomic mass is 9.89. The van der Waals surface area contributed by atoms with Gasteiger partial charge in [0.25, 0.3) is 5.91 Å². The molecule has 41 heavy (non-hydrogen) atoms. The highest BCUT2D eigenvalue weighted by Gasteiger charge is 2.37. The first-order valence-electron chi connectivity index (χ1n) is 13.8. The molecule has 11 nitrogen and oxygen atoms in total. The van der Waals surface area contributed by atoms with E-state index in [1.54, 1.807) is 7.05 Å². The second kappa shape index (κ2) is 12.2. The van der Waals surface area contributed by atoms with Crippen LogP contribution in [0.1, 0.15) is 71.6 Å².